The summed E-state index contributed by atoms with van der Waals surface area (Å²) in [5.41, 5.74) is 6.17. The molecule has 0 amide bonds. The van der Waals surface area contributed by atoms with Crippen LogP contribution in [0.15, 0.2) is 17.2 Å². The number of anilines is 1. The van der Waals surface area contributed by atoms with Crippen LogP contribution in [-0.4, -0.2) is 40.3 Å². The number of nitrogens with zero attached hydrogens (tertiary/aromatic N) is 1. The highest BCUT2D eigenvalue weighted by Crippen LogP contribution is 2.24. The van der Waals surface area contributed by atoms with Crippen LogP contribution in [0.4, 0.5) is 5.69 Å². The summed E-state index contributed by atoms with van der Waals surface area (Å²) in [5, 5.41) is 18.6. The molecule has 0 radical (unpaired) electrons. The molecule has 0 aliphatic heterocycles. The minimum Gasteiger partial charge on any atom is -0.476 e. The molecule has 6 heteroatoms. The number of hydrogen-bond acceptors (Lipinski definition) is 6. The van der Waals surface area contributed by atoms with Crippen molar-refractivity contribution in [3.8, 4) is 5.88 Å². The van der Waals surface area contributed by atoms with Crippen LogP contribution in [0.25, 0.3) is 0 Å². The first-order valence-electron chi connectivity index (χ1n) is 4.98. The zero-order valence-corrected chi connectivity index (χ0v) is 9.91. The van der Waals surface area contributed by atoms with Gasteiger partial charge in [-0.25, -0.2) is 4.98 Å². The van der Waals surface area contributed by atoms with Crippen molar-refractivity contribution in [2.75, 3.05) is 24.7 Å². The summed E-state index contributed by atoms with van der Waals surface area (Å²) in [6.07, 6.45) is -0.736. The Bertz CT molecular complexity index is 336. The molecule has 0 fully saturated rings. The fraction of sp³-hybridized carbons (Fsp3) is 0.500. The number of aromatic nitrogens is 1. The Kier molecular flexibility index (Phi) is 5.37. The van der Waals surface area contributed by atoms with Crippen LogP contribution in [0, 0.1) is 0 Å². The van der Waals surface area contributed by atoms with Gasteiger partial charge in [-0.05, 0) is 19.1 Å². The lowest BCUT2D eigenvalue weighted by Crippen LogP contribution is -2.14. The summed E-state index contributed by atoms with van der Waals surface area (Å²) in [5.74, 6) is 0.796. The van der Waals surface area contributed by atoms with E-state index in [0.29, 0.717) is 29.0 Å². The Morgan fingerprint density at radius 1 is 1.56 bits per heavy atom. The van der Waals surface area contributed by atoms with Crippen molar-refractivity contribution in [3.05, 3.63) is 12.1 Å². The van der Waals surface area contributed by atoms with Crippen molar-refractivity contribution < 1.29 is 14.9 Å². The number of aliphatic hydroxyl groups is 2. The SMILES string of the molecule is CCOc1nc(SCC(O)CO)ccc1N. The van der Waals surface area contributed by atoms with Crippen molar-refractivity contribution in [2.24, 2.45) is 0 Å². The van der Waals surface area contributed by atoms with Crippen molar-refractivity contribution in [1.82, 2.24) is 4.98 Å². The van der Waals surface area contributed by atoms with Gasteiger partial charge in [-0.15, -0.1) is 11.8 Å². The fourth-order valence-corrected chi connectivity index (χ4v) is 1.78. The summed E-state index contributed by atoms with van der Waals surface area (Å²) in [7, 11) is 0. The number of aliphatic hydroxyl groups excluding tert-OH is 2. The Morgan fingerprint density at radius 2 is 2.31 bits per heavy atom. The second-order valence-corrected chi connectivity index (χ2v) is 4.16. The lowest BCUT2D eigenvalue weighted by molar-refractivity contribution is 0.113. The van der Waals surface area contributed by atoms with Gasteiger partial charge in [-0.3, -0.25) is 0 Å². The summed E-state index contributed by atoms with van der Waals surface area (Å²) >= 11 is 1.35. The van der Waals surface area contributed by atoms with E-state index in [4.69, 9.17) is 15.6 Å². The molecule has 0 bridgehead atoms. The molecule has 0 spiro atoms. The first kappa shape index (κ1) is 13.1. The molecule has 16 heavy (non-hydrogen) atoms. The van der Waals surface area contributed by atoms with Crippen LogP contribution >= 0.6 is 11.8 Å². The van der Waals surface area contributed by atoms with E-state index in [-0.39, 0.29) is 6.61 Å². The lowest BCUT2D eigenvalue weighted by Gasteiger charge is -2.09. The predicted molar refractivity (Wildman–Crippen MR) is 63.6 cm³/mol. The van der Waals surface area contributed by atoms with E-state index in [0.717, 1.165) is 0 Å². The molecular weight excluding hydrogens is 228 g/mol. The number of nitrogens with two attached hydrogens (primary N) is 1. The Morgan fingerprint density at radius 3 is 2.94 bits per heavy atom. The molecule has 90 valence electrons. The Hall–Kier alpha value is -0.980. The van der Waals surface area contributed by atoms with Crippen LogP contribution in [0.3, 0.4) is 0 Å². The average Bonchev–Trinajstić information content (AvgIpc) is 2.30. The van der Waals surface area contributed by atoms with E-state index in [2.05, 4.69) is 4.98 Å². The number of hydrogen-bond donors (Lipinski definition) is 3. The third-order valence-corrected chi connectivity index (χ3v) is 2.85. The van der Waals surface area contributed by atoms with E-state index >= 15 is 0 Å². The van der Waals surface area contributed by atoms with E-state index < -0.39 is 6.10 Å². The maximum atomic E-state index is 9.19. The molecule has 0 aliphatic carbocycles. The molecule has 0 aliphatic rings. The third kappa shape index (κ3) is 3.88. The van der Waals surface area contributed by atoms with Gasteiger partial charge in [0.15, 0.2) is 0 Å². The molecule has 1 atom stereocenters. The smallest absolute Gasteiger partial charge is 0.238 e. The highest BCUT2D eigenvalue weighted by atomic mass is 32.2. The molecule has 0 aromatic carbocycles. The third-order valence-electron chi connectivity index (χ3n) is 1.78. The van der Waals surface area contributed by atoms with Gasteiger partial charge in [0.25, 0.3) is 0 Å². The second kappa shape index (κ2) is 6.57. The quantitative estimate of drug-likeness (QED) is 0.632. The minimum absolute atomic E-state index is 0.250. The van der Waals surface area contributed by atoms with Crippen molar-refractivity contribution in [3.63, 3.8) is 0 Å². The van der Waals surface area contributed by atoms with E-state index in [1.165, 1.54) is 11.8 Å². The van der Waals surface area contributed by atoms with Crippen molar-refractivity contribution in [2.45, 2.75) is 18.1 Å². The monoisotopic (exact) mass is 244 g/mol. The number of pyridine rings is 1. The minimum atomic E-state index is -0.736. The Labute approximate surface area is 98.6 Å². The molecule has 5 nitrogen and oxygen atoms in total. The van der Waals surface area contributed by atoms with Gasteiger partial charge < -0.3 is 20.7 Å². The molecule has 0 saturated carbocycles. The van der Waals surface area contributed by atoms with E-state index in [9.17, 15) is 5.11 Å². The standard InChI is InChI=1S/C10H16N2O3S/c1-2-15-10-8(11)3-4-9(12-10)16-6-7(14)5-13/h3-4,7,13-14H,2,5-6,11H2,1H3. The van der Waals surface area contributed by atoms with Gasteiger partial charge in [0, 0.05) is 5.75 Å². The van der Waals surface area contributed by atoms with Crippen LogP contribution in [0.5, 0.6) is 5.88 Å². The van der Waals surface area contributed by atoms with Gasteiger partial charge in [0.1, 0.15) is 5.03 Å². The highest BCUT2D eigenvalue weighted by molar-refractivity contribution is 7.99. The van der Waals surface area contributed by atoms with Gasteiger partial charge in [0.05, 0.1) is 25.0 Å². The summed E-state index contributed by atoms with van der Waals surface area (Å²) in [6, 6.07) is 3.47. The first-order valence-corrected chi connectivity index (χ1v) is 5.97. The van der Waals surface area contributed by atoms with Gasteiger partial charge in [-0.2, -0.15) is 0 Å². The Balaban J connectivity index is 2.63. The number of ether oxygens (including phenoxy) is 1. The van der Waals surface area contributed by atoms with Crippen molar-refractivity contribution >= 4 is 17.4 Å². The van der Waals surface area contributed by atoms with Gasteiger partial charge in [0.2, 0.25) is 5.88 Å². The van der Waals surface area contributed by atoms with Gasteiger partial charge in [-0.1, -0.05) is 0 Å². The maximum Gasteiger partial charge on any atom is 0.238 e. The lowest BCUT2D eigenvalue weighted by atomic mass is 10.4. The van der Waals surface area contributed by atoms with Crippen LogP contribution in [-0.2, 0) is 0 Å². The molecule has 1 heterocycles. The topological polar surface area (TPSA) is 88.6 Å². The predicted octanol–water partition coefficient (Wildman–Crippen LogP) is 0.508. The zero-order valence-electron chi connectivity index (χ0n) is 9.09. The molecule has 0 saturated heterocycles. The number of rotatable bonds is 6. The average molecular weight is 244 g/mol. The second-order valence-electron chi connectivity index (χ2n) is 3.12. The molecule has 1 aromatic heterocycles. The summed E-state index contributed by atoms with van der Waals surface area (Å²) in [6.45, 7) is 2.11. The maximum absolute atomic E-state index is 9.19. The molecular formula is C10H16N2O3S. The highest BCUT2D eigenvalue weighted by Gasteiger charge is 2.07. The summed E-state index contributed by atoms with van der Waals surface area (Å²) < 4.78 is 5.25. The zero-order chi connectivity index (χ0) is 12.0. The largest absolute Gasteiger partial charge is 0.476 e. The normalized spacial score (nSPS) is 12.4. The van der Waals surface area contributed by atoms with Crippen LogP contribution in [0.1, 0.15) is 6.92 Å². The number of thioether (sulfide) groups is 1. The molecule has 1 aromatic rings. The first-order chi connectivity index (χ1) is 7.67. The molecule has 1 rings (SSSR count). The van der Waals surface area contributed by atoms with Crippen molar-refractivity contribution in [1.29, 1.82) is 0 Å². The molecule has 4 N–H and O–H groups in total. The fourth-order valence-electron chi connectivity index (χ4n) is 1.00. The number of nitrogen functional groups attached to an aromatic ring is 1. The van der Waals surface area contributed by atoms with E-state index in [1.807, 2.05) is 6.92 Å². The van der Waals surface area contributed by atoms with Crippen LogP contribution in [0.2, 0.25) is 0 Å². The van der Waals surface area contributed by atoms with Crippen LogP contribution < -0.4 is 10.5 Å². The summed E-state index contributed by atoms with van der Waals surface area (Å²) in [4.78, 5) is 4.19. The molecule has 1 unspecified atom stereocenters. The van der Waals surface area contributed by atoms with E-state index in [1.54, 1.807) is 12.1 Å². The van der Waals surface area contributed by atoms with Gasteiger partial charge >= 0.3 is 0 Å².